The minimum absolute atomic E-state index is 0.939. The fourth-order valence-corrected chi connectivity index (χ4v) is 1.35. The van der Waals surface area contributed by atoms with Crippen molar-refractivity contribution in [2.75, 3.05) is 0 Å². The molecule has 1 aliphatic carbocycles. The molecule has 9 heavy (non-hydrogen) atoms. The summed E-state index contributed by atoms with van der Waals surface area (Å²) in [6, 6.07) is 0. The highest BCUT2D eigenvalue weighted by Crippen LogP contribution is 2.31. The lowest BCUT2D eigenvalue weighted by Gasteiger charge is -1.85. The van der Waals surface area contributed by atoms with Gasteiger partial charge in [0.05, 0.1) is 5.69 Å². The zero-order chi connectivity index (χ0) is 6.10. The first-order valence-corrected chi connectivity index (χ1v) is 4.05. The summed E-state index contributed by atoms with van der Waals surface area (Å²) in [7, 11) is 0. The molecule has 1 aliphatic rings. The monoisotopic (exact) mass is 140 g/mol. The Balaban J connectivity index is 1.99. The molecular formula is C6H8N2S. The first-order chi connectivity index (χ1) is 4.45. The van der Waals surface area contributed by atoms with Crippen molar-refractivity contribution in [3.63, 3.8) is 0 Å². The Kier molecular flexibility index (Phi) is 1.23. The maximum absolute atomic E-state index is 3.96. The minimum Gasteiger partial charge on any atom is -0.143 e. The first kappa shape index (κ1) is 5.35. The van der Waals surface area contributed by atoms with E-state index < -0.39 is 0 Å². The maximum Gasteiger partial charge on any atom is 0.0758 e. The number of hydrogen-bond donors (Lipinski definition) is 0. The van der Waals surface area contributed by atoms with E-state index in [4.69, 9.17) is 0 Å². The van der Waals surface area contributed by atoms with Gasteiger partial charge < -0.3 is 0 Å². The van der Waals surface area contributed by atoms with Gasteiger partial charge in [-0.15, -0.1) is 5.10 Å². The molecule has 48 valence electrons. The minimum atomic E-state index is 0.939. The molecule has 0 aromatic carbocycles. The quantitative estimate of drug-likeness (QED) is 0.622. The van der Waals surface area contributed by atoms with Crippen LogP contribution in [0.2, 0.25) is 0 Å². The second-order valence-electron chi connectivity index (χ2n) is 2.54. The van der Waals surface area contributed by atoms with Gasteiger partial charge in [0.25, 0.3) is 0 Å². The summed E-state index contributed by atoms with van der Waals surface area (Å²) in [5, 5.41) is 6.00. The molecule has 0 atom stereocenters. The van der Waals surface area contributed by atoms with Crippen molar-refractivity contribution in [2.24, 2.45) is 5.92 Å². The smallest absolute Gasteiger partial charge is 0.0758 e. The first-order valence-electron chi connectivity index (χ1n) is 3.21. The maximum atomic E-state index is 3.96. The molecular weight excluding hydrogens is 132 g/mol. The average Bonchev–Trinajstić information content (AvgIpc) is 2.46. The standard InChI is InChI=1S/C6H8N2S/c1-2-5(1)3-6-4-9-8-7-6/h4-5H,1-3H2. The zero-order valence-corrected chi connectivity index (χ0v) is 5.90. The van der Waals surface area contributed by atoms with E-state index in [0.717, 1.165) is 12.3 Å². The van der Waals surface area contributed by atoms with Gasteiger partial charge in [0.2, 0.25) is 0 Å². The molecule has 0 amide bonds. The van der Waals surface area contributed by atoms with Crippen LogP contribution in [0.4, 0.5) is 0 Å². The van der Waals surface area contributed by atoms with Crippen LogP contribution in [0.3, 0.4) is 0 Å². The Labute approximate surface area is 58.1 Å². The summed E-state index contributed by atoms with van der Waals surface area (Å²) < 4.78 is 3.79. The summed E-state index contributed by atoms with van der Waals surface area (Å²) in [5.41, 5.74) is 1.18. The van der Waals surface area contributed by atoms with E-state index in [1.807, 2.05) is 5.38 Å². The fraction of sp³-hybridized carbons (Fsp3) is 0.667. The third-order valence-electron chi connectivity index (χ3n) is 1.60. The highest BCUT2D eigenvalue weighted by atomic mass is 32.1. The largest absolute Gasteiger partial charge is 0.143 e. The normalized spacial score (nSPS) is 18.2. The lowest BCUT2D eigenvalue weighted by atomic mass is 10.2. The van der Waals surface area contributed by atoms with E-state index in [2.05, 4.69) is 9.59 Å². The Morgan fingerprint density at radius 1 is 1.67 bits per heavy atom. The topological polar surface area (TPSA) is 25.8 Å². The molecule has 0 saturated heterocycles. The Morgan fingerprint density at radius 2 is 2.56 bits per heavy atom. The molecule has 1 saturated carbocycles. The molecule has 0 spiro atoms. The summed E-state index contributed by atoms with van der Waals surface area (Å²) in [6.07, 6.45) is 3.96. The highest BCUT2D eigenvalue weighted by Gasteiger charge is 2.22. The fourth-order valence-electron chi connectivity index (χ4n) is 0.891. The average molecular weight is 140 g/mol. The van der Waals surface area contributed by atoms with Crippen molar-refractivity contribution < 1.29 is 0 Å². The molecule has 0 radical (unpaired) electrons. The second kappa shape index (κ2) is 2.06. The molecule has 2 nitrogen and oxygen atoms in total. The van der Waals surface area contributed by atoms with Gasteiger partial charge in [-0.05, 0) is 36.7 Å². The molecule has 0 unspecified atom stereocenters. The number of nitrogens with zero attached hydrogens (tertiary/aromatic N) is 2. The third kappa shape index (κ3) is 1.27. The van der Waals surface area contributed by atoms with Gasteiger partial charge >= 0.3 is 0 Å². The summed E-state index contributed by atoms with van der Waals surface area (Å²) in [4.78, 5) is 0. The van der Waals surface area contributed by atoms with Crippen LogP contribution in [0.5, 0.6) is 0 Å². The second-order valence-corrected chi connectivity index (χ2v) is 3.15. The van der Waals surface area contributed by atoms with Crippen molar-refractivity contribution in [3.8, 4) is 0 Å². The van der Waals surface area contributed by atoms with Crippen molar-refractivity contribution in [1.82, 2.24) is 9.59 Å². The summed E-state index contributed by atoms with van der Waals surface area (Å²) in [6.45, 7) is 0. The van der Waals surface area contributed by atoms with E-state index >= 15 is 0 Å². The van der Waals surface area contributed by atoms with E-state index in [0.29, 0.717) is 0 Å². The summed E-state index contributed by atoms with van der Waals surface area (Å²) in [5.74, 6) is 0.939. The number of aromatic nitrogens is 2. The summed E-state index contributed by atoms with van der Waals surface area (Å²) >= 11 is 1.45. The lowest BCUT2D eigenvalue weighted by Crippen LogP contribution is -1.85. The molecule has 0 N–H and O–H groups in total. The highest BCUT2D eigenvalue weighted by molar-refractivity contribution is 7.03. The zero-order valence-electron chi connectivity index (χ0n) is 5.08. The number of hydrogen-bond acceptors (Lipinski definition) is 3. The van der Waals surface area contributed by atoms with Crippen molar-refractivity contribution in [3.05, 3.63) is 11.1 Å². The van der Waals surface area contributed by atoms with Crippen LogP contribution in [0, 0.1) is 5.92 Å². The molecule has 0 aliphatic heterocycles. The third-order valence-corrected chi connectivity index (χ3v) is 2.15. The van der Waals surface area contributed by atoms with Gasteiger partial charge in [0, 0.05) is 5.38 Å². The van der Waals surface area contributed by atoms with Gasteiger partial charge in [-0.25, -0.2) is 0 Å². The van der Waals surface area contributed by atoms with Crippen molar-refractivity contribution in [2.45, 2.75) is 19.3 Å². The Morgan fingerprint density at radius 3 is 3.11 bits per heavy atom. The molecule has 1 fully saturated rings. The van der Waals surface area contributed by atoms with Crippen LogP contribution >= 0.6 is 11.5 Å². The molecule has 0 bridgehead atoms. The molecule has 2 rings (SSSR count). The van der Waals surface area contributed by atoms with Gasteiger partial charge in [0.1, 0.15) is 0 Å². The SMILES string of the molecule is c1snnc1CC1CC1. The van der Waals surface area contributed by atoms with E-state index in [-0.39, 0.29) is 0 Å². The predicted molar refractivity (Wildman–Crippen MR) is 36.3 cm³/mol. The predicted octanol–water partition coefficient (Wildman–Crippen LogP) is 1.49. The van der Waals surface area contributed by atoms with Crippen LogP contribution in [-0.4, -0.2) is 9.59 Å². The molecule has 1 aromatic rings. The van der Waals surface area contributed by atoms with Crippen LogP contribution < -0.4 is 0 Å². The number of rotatable bonds is 2. The van der Waals surface area contributed by atoms with Crippen LogP contribution in [0.15, 0.2) is 5.38 Å². The lowest BCUT2D eigenvalue weighted by molar-refractivity contribution is 0.797. The Bertz CT molecular complexity index is 179. The van der Waals surface area contributed by atoms with E-state index in [9.17, 15) is 0 Å². The van der Waals surface area contributed by atoms with Crippen molar-refractivity contribution in [1.29, 1.82) is 0 Å². The van der Waals surface area contributed by atoms with Gasteiger partial charge in [-0.1, -0.05) is 4.49 Å². The Hall–Kier alpha value is -0.440. The van der Waals surface area contributed by atoms with Gasteiger partial charge in [0.15, 0.2) is 0 Å². The molecule has 1 aromatic heterocycles. The van der Waals surface area contributed by atoms with Crippen LogP contribution in [-0.2, 0) is 6.42 Å². The van der Waals surface area contributed by atoms with Crippen LogP contribution in [0.1, 0.15) is 18.5 Å². The van der Waals surface area contributed by atoms with E-state index in [1.165, 1.54) is 30.1 Å². The molecule has 3 heteroatoms. The van der Waals surface area contributed by atoms with Crippen LogP contribution in [0.25, 0.3) is 0 Å². The molecule has 1 heterocycles. The van der Waals surface area contributed by atoms with Gasteiger partial charge in [-0.2, -0.15) is 0 Å². The van der Waals surface area contributed by atoms with Crippen molar-refractivity contribution >= 4 is 11.5 Å². The van der Waals surface area contributed by atoms with E-state index in [1.54, 1.807) is 0 Å². The van der Waals surface area contributed by atoms with Gasteiger partial charge in [-0.3, -0.25) is 0 Å².